The number of epoxide rings is 1. The van der Waals surface area contributed by atoms with Crippen LogP contribution < -0.4 is 0 Å². The van der Waals surface area contributed by atoms with E-state index in [1.54, 1.807) is 0 Å². The molecular formula is C26H36O5. The van der Waals surface area contributed by atoms with Gasteiger partial charge >= 0.3 is 0 Å². The van der Waals surface area contributed by atoms with Crippen molar-refractivity contribution in [3.8, 4) is 25.7 Å². The highest BCUT2D eigenvalue weighted by Gasteiger charge is 2.94. The van der Waals surface area contributed by atoms with Gasteiger partial charge in [0.2, 0.25) is 5.78 Å². The molecule has 0 aromatic heterocycles. The molecule has 0 aromatic rings. The molecule has 6 aliphatic rings. The molecule has 170 valence electrons. The van der Waals surface area contributed by atoms with Crippen molar-refractivity contribution in [1.82, 2.24) is 0 Å². The minimum atomic E-state index is -1.12. The minimum Gasteiger partial charge on any atom is -0.389 e. The van der Waals surface area contributed by atoms with Crippen molar-refractivity contribution in [1.29, 1.82) is 0 Å². The van der Waals surface area contributed by atoms with E-state index in [4.69, 9.17) is 9.47 Å². The first-order valence-electron chi connectivity index (χ1n) is 10.9. The van der Waals surface area contributed by atoms with E-state index >= 15 is 0 Å². The third-order valence-electron chi connectivity index (χ3n) is 8.60. The molecule has 3 unspecified atom stereocenters. The molecule has 2 N–H and O–H groups in total. The van der Waals surface area contributed by atoms with Gasteiger partial charge in [0.05, 0.1) is 24.4 Å². The number of hydrogen-bond acceptors (Lipinski definition) is 5. The second-order valence-electron chi connectivity index (χ2n) is 8.82. The Hall–Kier alpha value is -1.89. The average molecular weight is 429 g/mol. The van der Waals surface area contributed by atoms with Gasteiger partial charge in [-0.1, -0.05) is 26.3 Å². The van der Waals surface area contributed by atoms with Gasteiger partial charge in [0.25, 0.3) is 0 Å². The number of terminal acetylenes is 2. The van der Waals surface area contributed by atoms with Gasteiger partial charge in [-0.15, -0.1) is 38.9 Å². The maximum absolute atomic E-state index is 13.1. The van der Waals surface area contributed by atoms with E-state index in [9.17, 15) is 15.0 Å². The van der Waals surface area contributed by atoms with Gasteiger partial charge in [0.15, 0.2) is 5.60 Å². The van der Waals surface area contributed by atoms with Crippen molar-refractivity contribution in [2.24, 2.45) is 16.7 Å². The lowest BCUT2D eigenvalue weighted by Crippen LogP contribution is -2.86. The van der Waals surface area contributed by atoms with Crippen molar-refractivity contribution >= 4 is 5.78 Å². The summed E-state index contributed by atoms with van der Waals surface area (Å²) in [4.78, 5) is 13.1. The zero-order valence-electron chi connectivity index (χ0n) is 19.2. The van der Waals surface area contributed by atoms with Crippen LogP contribution in [0.1, 0.15) is 53.4 Å². The summed E-state index contributed by atoms with van der Waals surface area (Å²) in [5, 5.41) is 22.2. The van der Waals surface area contributed by atoms with Crippen LogP contribution in [-0.2, 0) is 14.3 Å². The number of ether oxygens (including phenoxy) is 2. The lowest BCUT2D eigenvalue weighted by atomic mass is 9.26. The molecule has 5 heteroatoms. The third-order valence-corrected chi connectivity index (χ3v) is 8.60. The number of allylic oxidation sites excluding steroid dienone is 1. The van der Waals surface area contributed by atoms with E-state index in [0.717, 1.165) is 24.0 Å². The summed E-state index contributed by atoms with van der Waals surface area (Å²) < 4.78 is 11.8. The maximum atomic E-state index is 13.1. The Morgan fingerprint density at radius 2 is 1.74 bits per heavy atom. The Morgan fingerprint density at radius 3 is 2.26 bits per heavy atom. The number of aliphatic hydroxyl groups is 2. The lowest BCUT2D eigenvalue weighted by molar-refractivity contribution is -0.345. The van der Waals surface area contributed by atoms with Crippen molar-refractivity contribution in [3.05, 3.63) is 24.3 Å². The molecule has 5 nitrogen and oxygen atoms in total. The fraction of sp³-hybridized carbons (Fsp3) is 0.654. The monoisotopic (exact) mass is 428 g/mol. The highest BCUT2D eigenvalue weighted by atomic mass is 16.6. The number of Topliss-reactive ketones (excluding diaryl/α,β-unsaturated/α-hetero) is 1. The van der Waals surface area contributed by atoms with Gasteiger partial charge in [0.1, 0.15) is 6.10 Å². The Balaban J connectivity index is 0.000000388. The Labute approximate surface area is 186 Å². The maximum Gasteiger partial charge on any atom is 0.200 e. The van der Waals surface area contributed by atoms with Crippen molar-refractivity contribution in [3.63, 3.8) is 0 Å². The number of rotatable bonds is 0. The van der Waals surface area contributed by atoms with Gasteiger partial charge < -0.3 is 19.7 Å². The first-order valence-corrected chi connectivity index (χ1v) is 10.9. The third kappa shape index (κ3) is 2.41. The van der Waals surface area contributed by atoms with Crippen LogP contribution in [0, 0.1) is 42.4 Å². The number of carbonyl (C=O) groups excluding carboxylic acids is 1. The molecule has 3 saturated carbocycles. The van der Waals surface area contributed by atoms with Crippen LogP contribution in [0.15, 0.2) is 24.3 Å². The van der Waals surface area contributed by atoms with Crippen molar-refractivity contribution in [2.45, 2.75) is 82.9 Å². The second kappa shape index (κ2) is 8.23. The molecule has 8 atom stereocenters. The molecule has 31 heavy (non-hydrogen) atoms. The summed E-state index contributed by atoms with van der Waals surface area (Å²) in [6.45, 7) is 14.7. The zero-order chi connectivity index (χ0) is 24.0. The van der Waals surface area contributed by atoms with Crippen LogP contribution in [0.2, 0.25) is 0 Å². The van der Waals surface area contributed by atoms with Crippen LogP contribution >= 0.6 is 0 Å². The summed E-state index contributed by atoms with van der Waals surface area (Å²) >= 11 is 0. The fourth-order valence-corrected chi connectivity index (χ4v) is 7.49. The van der Waals surface area contributed by atoms with Crippen LogP contribution in [0.5, 0.6) is 0 Å². The summed E-state index contributed by atoms with van der Waals surface area (Å²) in [6.07, 6.45) is 17.7. The van der Waals surface area contributed by atoms with Crippen molar-refractivity contribution in [2.75, 3.05) is 6.61 Å². The standard InChI is InChI=1S/C18H22O5.C2H6.C2H4.2C2H2/c1-8-3-4-16(21)7-17-9-6-22-10(9)5-11-18(17,23-11)14(20)13(19)12(8)15(16,17)2;4*1-2/h9-11,13,19,21H,3-7H2,1-2H3;1-2H3;1-2H2;2*1-2H/t9-,10-,11?,13-,15?,16-,17?,18-;;;;/m1..../s1. The summed E-state index contributed by atoms with van der Waals surface area (Å²) in [5.74, 6) is 0.0903. The summed E-state index contributed by atoms with van der Waals surface area (Å²) in [7, 11) is 0. The average Bonchev–Trinajstić information content (AvgIpc) is 3.53. The normalized spacial score (nSPS) is 48.5. The molecular weight excluding hydrogens is 392 g/mol. The number of hydrogen-bond donors (Lipinski definition) is 2. The van der Waals surface area contributed by atoms with Gasteiger partial charge in [-0.2, -0.15) is 0 Å². The highest BCUT2D eigenvalue weighted by molar-refractivity contribution is 6.01. The second-order valence-corrected chi connectivity index (χ2v) is 8.82. The molecule has 0 aromatic carbocycles. The SMILES string of the molecule is C#C.C#C.C=C.CC.CC1=C2[C@@H](O)C(=O)[C@]34OC3C[C@H]3OC[C@H]3C43C[C@](O)(CC1)C23C. The quantitative estimate of drug-likeness (QED) is 0.352. The van der Waals surface area contributed by atoms with E-state index in [1.807, 2.05) is 20.8 Å². The largest absolute Gasteiger partial charge is 0.389 e. The van der Waals surface area contributed by atoms with Crippen LogP contribution in [0.4, 0.5) is 0 Å². The molecule has 0 radical (unpaired) electrons. The lowest BCUT2D eigenvalue weighted by Gasteiger charge is -2.78. The van der Waals surface area contributed by atoms with Gasteiger partial charge in [0, 0.05) is 23.2 Å². The van der Waals surface area contributed by atoms with Crippen LogP contribution in [-0.4, -0.2) is 52.1 Å². The number of ketones is 1. The minimum absolute atomic E-state index is 0.142. The molecule has 2 saturated heterocycles. The molecule has 2 heterocycles. The van der Waals surface area contributed by atoms with E-state index in [1.165, 1.54) is 0 Å². The van der Waals surface area contributed by atoms with Crippen molar-refractivity contribution < 1.29 is 24.5 Å². The molecule has 6 rings (SSSR count). The first kappa shape index (κ1) is 25.4. The zero-order valence-corrected chi connectivity index (χ0v) is 19.2. The fourth-order valence-electron chi connectivity index (χ4n) is 7.49. The predicted octanol–water partition coefficient (Wildman–Crippen LogP) is 3.05. The van der Waals surface area contributed by atoms with Gasteiger partial charge in [-0.25, -0.2) is 0 Å². The topological polar surface area (TPSA) is 79.3 Å². The van der Waals surface area contributed by atoms with E-state index in [0.29, 0.717) is 19.4 Å². The molecule has 0 bridgehead atoms. The Kier molecular flexibility index (Phi) is 6.73. The van der Waals surface area contributed by atoms with E-state index in [-0.39, 0.29) is 23.9 Å². The summed E-state index contributed by atoms with van der Waals surface area (Å²) in [5.41, 5.74) is -0.809. The van der Waals surface area contributed by atoms with Gasteiger partial charge in [-0.05, 0) is 31.8 Å². The molecule has 2 spiro atoms. The molecule has 4 aliphatic carbocycles. The van der Waals surface area contributed by atoms with Crippen LogP contribution in [0.3, 0.4) is 0 Å². The molecule has 5 fully saturated rings. The van der Waals surface area contributed by atoms with E-state index in [2.05, 4.69) is 45.8 Å². The number of carbonyl (C=O) groups is 1. The van der Waals surface area contributed by atoms with E-state index < -0.39 is 28.1 Å². The first-order chi connectivity index (χ1) is 14.8. The number of aliphatic hydroxyl groups excluding tert-OH is 1. The molecule has 2 aliphatic heterocycles. The smallest absolute Gasteiger partial charge is 0.200 e. The Bertz CT molecular complexity index is 805. The Morgan fingerprint density at radius 1 is 1.16 bits per heavy atom. The predicted molar refractivity (Wildman–Crippen MR) is 121 cm³/mol. The molecule has 0 amide bonds. The van der Waals surface area contributed by atoms with Crippen LogP contribution in [0.25, 0.3) is 0 Å². The number of fused-ring (bicyclic) bond motifs is 1. The highest BCUT2D eigenvalue weighted by Crippen LogP contribution is 2.85. The van der Waals surface area contributed by atoms with Gasteiger partial charge in [-0.3, -0.25) is 4.79 Å². The summed E-state index contributed by atoms with van der Waals surface area (Å²) in [6, 6.07) is 0.